The van der Waals surface area contributed by atoms with Crippen molar-refractivity contribution in [2.24, 2.45) is 0 Å². The van der Waals surface area contributed by atoms with Gasteiger partial charge in [-0.2, -0.15) is 0 Å². The molecule has 6 rings (SSSR count). The number of likely N-dealkylation sites (tertiary alicyclic amines) is 1. The number of rotatable bonds is 4. The summed E-state index contributed by atoms with van der Waals surface area (Å²) in [4.78, 5) is 44.5. The first kappa shape index (κ1) is 25.6. The molecule has 5 heterocycles. The Morgan fingerprint density at radius 2 is 1.77 bits per heavy atom. The first-order valence-electron chi connectivity index (χ1n) is 12.7. The van der Waals surface area contributed by atoms with E-state index in [2.05, 4.69) is 15.2 Å². The number of fused-ring (bicyclic) bond motifs is 2. The van der Waals surface area contributed by atoms with Gasteiger partial charge in [-0.1, -0.05) is 29.3 Å². The standard InChI is InChI=1S/C26H24Cl2FN7O3/c27-18-12-20-24(37)30-13-16(36(20)22(18)28)10-15-4-5-19(29)17(11-15)25(38)34-8-9-35-21(14-34)31-32-23(35)26(39)33-6-2-1-3-7-33/h4-5,11-13H,1-3,6-10,14H2,(H,30,37). The molecular formula is C26H24Cl2FN7O3. The summed E-state index contributed by atoms with van der Waals surface area (Å²) in [6.07, 6.45) is 4.83. The van der Waals surface area contributed by atoms with Crippen molar-refractivity contribution in [1.29, 1.82) is 0 Å². The first-order valence-corrected chi connectivity index (χ1v) is 13.4. The maximum absolute atomic E-state index is 14.9. The van der Waals surface area contributed by atoms with Crippen molar-refractivity contribution in [1.82, 2.24) is 33.9 Å². The number of amides is 2. The Labute approximate surface area is 231 Å². The number of carbonyl (C=O) groups excluding carboxylic acids is 2. The van der Waals surface area contributed by atoms with Crippen LogP contribution in [0.5, 0.6) is 0 Å². The lowest BCUT2D eigenvalue weighted by Crippen LogP contribution is -2.41. The summed E-state index contributed by atoms with van der Waals surface area (Å²) in [5.74, 6) is -0.511. The van der Waals surface area contributed by atoms with Crippen molar-refractivity contribution >= 4 is 40.5 Å². The van der Waals surface area contributed by atoms with Gasteiger partial charge in [0.2, 0.25) is 5.82 Å². The number of aromatic amines is 1. The molecule has 1 aromatic carbocycles. The van der Waals surface area contributed by atoms with E-state index in [0.29, 0.717) is 36.7 Å². The molecule has 0 atom stereocenters. The average Bonchev–Trinajstić information content (AvgIpc) is 3.51. The van der Waals surface area contributed by atoms with Crippen LogP contribution in [0, 0.1) is 5.82 Å². The van der Waals surface area contributed by atoms with Crippen LogP contribution in [-0.4, -0.2) is 65.4 Å². The van der Waals surface area contributed by atoms with Crippen LogP contribution in [0.2, 0.25) is 10.2 Å². The second-order valence-electron chi connectivity index (χ2n) is 9.77. The smallest absolute Gasteiger partial charge is 0.291 e. The molecule has 0 aliphatic carbocycles. The molecule has 1 N–H and O–H groups in total. The third kappa shape index (κ3) is 4.59. The molecule has 2 aliphatic rings. The summed E-state index contributed by atoms with van der Waals surface area (Å²) in [7, 11) is 0. The fraction of sp³-hybridized carbons (Fsp3) is 0.346. The Bertz CT molecular complexity index is 1670. The van der Waals surface area contributed by atoms with Gasteiger partial charge in [-0.25, -0.2) is 4.39 Å². The number of piperidine rings is 1. The minimum atomic E-state index is -0.648. The molecular weight excluding hydrogens is 548 g/mol. The van der Waals surface area contributed by atoms with Gasteiger partial charge >= 0.3 is 0 Å². The highest BCUT2D eigenvalue weighted by Crippen LogP contribution is 2.27. The molecule has 1 fully saturated rings. The Morgan fingerprint density at radius 1 is 0.974 bits per heavy atom. The Balaban J connectivity index is 1.23. The molecule has 4 aromatic rings. The largest absolute Gasteiger partial charge is 0.336 e. The number of carbonyl (C=O) groups is 2. The predicted molar refractivity (Wildman–Crippen MR) is 142 cm³/mol. The monoisotopic (exact) mass is 571 g/mol. The molecule has 202 valence electrons. The number of aromatic nitrogens is 5. The number of benzene rings is 1. The highest BCUT2D eigenvalue weighted by molar-refractivity contribution is 6.42. The van der Waals surface area contributed by atoms with Crippen LogP contribution < -0.4 is 5.56 Å². The van der Waals surface area contributed by atoms with Crippen molar-refractivity contribution in [3.63, 3.8) is 0 Å². The van der Waals surface area contributed by atoms with E-state index in [-0.39, 0.29) is 58.1 Å². The summed E-state index contributed by atoms with van der Waals surface area (Å²) in [6.45, 7) is 2.14. The fourth-order valence-electron chi connectivity index (χ4n) is 5.28. The molecule has 39 heavy (non-hydrogen) atoms. The van der Waals surface area contributed by atoms with Crippen LogP contribution >= 0.6 is 23.2 Å². The number of hydrogen-bond donors (Lipinski definition) is 1. The zero-order valence-corrected chi connectivity index (χ0v) is 22.3. The maximum Gasteiger partial charge on any atom is 0.291 e. The van der Waals surface area contributed by atoms with E-state index in [1.807, 2.05) is 0 Å². The van der Waals surface area contributed by atoms with Gasteiger partial charge in [0, 0.05) is 44.5 Å². The molecule has 0 unspecified atom stereocenters. The highest BCUT2D eigenvalue weighted by Gasteiger charge is 2.31. The van der Waals surface area contributed by atoms with Crippen LogP contribution in [0.15, 0.2) is 35.3 Å². The zero-order valence-electron chi connectivity index (χ0n) is 20.8. The minimum absolute atomic E-state index is 0.0811. The summed E-state index contributed by atoms with van der Waals surface area (Å²) in [5, 5.41) is 8.72. The Morgan fingerprint density at radius 3 is 2.56 bits per heavy atom. The summed E-state index contributed by atoms with van der Waals surface area (Å²) in [5.41, 5.74) is 1.12. The zero-order chi connectivity index (χ0) is 27.3. The number of nitrogens with zero attached hydrogens (tertiary/aromatic N) is 6. The number of halogens is 3. The number of nitrogens with one attached hydrogen (secondary N) is 1. The van der Waals surface area contributed by atoms with Crippen LogP contribution in [0.1, 0.15) is 57.3 Å². The summed E-state index contributed by atoms with van der Waals surface area (Å²) < 4.78 is 18.2. The molecule has 10 nitrogen and oxygen atoms in total. The van der Waals surface area contributed by atoms with Gasteiger partial charge in [-0.15, -0.1) is 10.2 Å². The lowest BCUT2D eigenvalue weighted by molar-refractivity contribution is 0.0682. The van der Waals surface area contributed by atoms with Gasteiger partial charge in [0.1, 0.15) is 16.5 Å². The Hall–Kier alpha value is -3.70. The van der Waals surface area contributed by atoms with Crippen LogP contribution in [0.25, 0.3) is 5.52 Å². The van der Waals surface area contributed by atoms with Crippen LogP contribution in [-0.2, 0) is 19.5 Å². The third-order valence-electron chi connectivity index (χ3n) is 7.31. The molecule has 2 aliphatic heterocycles. The lowest BCUT2D eigenvalue weighted by atomic mass is 10.0. The van der Waals surface area contributed by atoms with Gasteiger partial charge in [0.05, 0.1) is 17.1 Å². The van der Waals surface area contributed by atoms with Crippen molar-refractivity contribution < 1.29 is 14.0 Å². The van der Waals surface area contributed by atoms with Crippen molar-refractivity contribution in [2.45, 2.75) is 38.8 Å². The summed E-state index contributed by atoms with van der Waals surface area (Å²) in [6, 6.07) is 5.80. The van der Waals surface area contributed by atoms with Gasteiger partial charge in [0.15, 0.2) is 5.82 Å². The topological polar surface area (TPSA) is 109 Å². The molecule has 3 aromatic heterocycles. The van der Waals surface area contributed by atoms with Gasteiger partial charge < -0.3 is 19.4 Å². The van der Waals surface area contributed by atoms with Gasteiger partial charge in [-0.3, -0.25) is 18.8 Å². The first-order chi connectivity index (χ1) is 18.8. The van der Waals surface area contributed by atoms with E-state index in [9.17, 15) is 18.8 Å². The average molecular weight is 572 g/mol. The molecule has 0 spiro atoms. The Kier molecular flexibility index (Phi) is 6.64. The molecule has 1 saturated heterocycles. The molecule has 0 saturated carbocycles. The normalized spacial score (nSPS) is 15.6. The van der Waals surface area contributed by atoms with Crippen molar-refractivity contribution in [3.05, 3.63) is 85.3 Å². The van der Waals surface area contributed by atoms with Gasteiger partial charge in [-0.05, 0) is 43.0 Å². The van der Waals surface area contributed by atoms with E-state index >= 15 is 0 Å². The second-order valence-corrected chi connectivity index (χ2v) is 10.5. The molecule has 0 radical (unpaired) electrons. The second kappa shape index (κ2) is 10.1. The van der Waals surface area contributed by atoms with Crippen LogP contribution in [0.3, 0.4) is 0 Å². The van der Waals surface area contributed by atoms with Crippen molar-refractivity contribution in [2.75, 3.05) is 19.6 Å². The minimum Gasteiger partial charge on any atom is -0.336 e. The quantitative estimate of drug-likeness (QED) is 0.403. The third-order valence-corrected chi connectivity index (χ3v) is 8.07. The summed E-state index contributed by atoms with van der Waals surface area (Å²) >= 11 is 12.4. The van der Waals surface area contributed by atoms with E-state index < -0.39 is 11.7 Å². The lowest BCUT2D eigenvalue weighted by Gasteiger charge is -2.29. The van der Waals surface area contributed by atoms with Crippen LogP contribution in [0.4, 0.5) is 4.39 Å². The van der Waals surface area contributed by atoms with E-state index in [1.165, 1.54) is 33.7 Å². The number of hydrogen-bond acceptors (Lipinski definition) is 5. The fourth-order valence-corrected chi connectivity index (χ4v) is 5.72. The van der Waals surface area contributed by atoms with E-state index in [4.69, 9.17) is 23.2 Å². The molecule has 0 bridgehead atoms. The maximum atomic E-state index is 14.9. The van der Waals surface area contributed by atoms with Crippen molar-refractivity contribution in [3.8, 4) is 0 Å². The van der Waals surface area contributed by atoms with E-state index in [0.717, 1.165) is 19.3 Å². The highest BCUT2D eigenvalue weighted by atomic mass is 35.5. The number of H-pyrrole nitrogens is 1. The predicted octanol–water partition coefficient (Wildman–Crippen LogP) is 3.54. The van der Waals surface area contributed by atoms with E-state index in [1.54, 1.807) is 15.5 Å². The molecule has 13 heteroatoms. The SMILES string of the molecule is O=C(c1cc(Cc2c[nH]c(=O)c3cc(Cl)c(Cl)n23)ccc1F)N1CCn2c(nnc2C(=O)N2CCCCC2)C1. The van der Waals surface area contributed by atoms with Gasteiger partial charge in [0.25, 0.3) is 17.4 Å². The molecule has 2 amide bonds.